The maximum absolute atomic E-state index is 12.3. The van der Waals surface area contributed by atoms with Gasteiger partial charge in [0.05, 0.1) is 0 Å². The summed E-state index contributed by atoms with van der Waals surface area (Å²) in [5.41, 5.74) is 5.43. The number of hydrogen-bond acceptors (Lipinski definition) is 2. The van der Waals surface area contributed by atoms with E-state index >= 15 is 0 Å². The zero-order valence-electron chi connectivity index (χ0n) is 9.07. The number of hydrogen-bond donors (Lipinski definition) is 1. The summed E-state index contributed by atoms with van der Waals surface area (Å²) >= 11 is 0. The molecule has 17 heavy (non-hydrogen) atoms. The third kappa shape index (κ3) is 4.44. The summed E-state index contributed by atoms with van der Waals surface area (Å²) < 4.78 is 36.8. The second-order valence-electron chi connectivity index (χ2n) is 3.50. The number of nitrogens with zero attached hydrogens (tertiary/aromatic N) is 1. The van der Waals surface area contributed by atoms with Crippen LogP contribution in [0.4, 0.5) is 13.2 Å². The Balaban J connectivity index is 2.81. The number of carbonyl (C=O) groups excluding carboxylic acids is 1. The third-order valence-electron chi connectivity index (χ3n) is 2.08. The number of nitrogens with two attached hydrogens (primary N) is 1. The van der Waals surface area contributed by atoms with Crippen molar-refractivity contribution in [3.8, 4) is 0 Å². The van der Waals surface area contributed by atoms with Crippen LogP contribution in [0.15, 0.2) is 30.3 Å². The molecule has 1 aromatic carbocycles. The lowest BCUT2D eigenvalue weighted by molar-refractivity contribution is -0.140. The van der Waals surface area contributed by atoms with E-state index in [9.17, 15) is 18.0 Å². The maximum Gasteiger partial charge on any atom is 0.406 e. The summed E-state index contributed by atoms with van der Waals surface area (Å²) in [7, 11) is 0. The smallest absolute Gasteiger partial charge is 0.329 e. The zero-order chi connectivity index (χ0) is 12.9. The van der Waals surface area contributed by atoms with E-state index in [1.807, 2.05) is 0 Å². The van der Waals surface area contributed by atoms with Crippen molar-refractivity contribution in [1.82, 2.24) is 4.90 Å². The summed E-state index contributed by atoms with van der Waals surface area (Å²) in [5.74, 6) is -0.659. The van der Waals surface area contributed by atoms with Crippen molar-refractivity contribution in [2.75, 3.05) is 19.6 Å². The largest absolute Gasteiger partial charge is 0.406 e. The van der Waals surface area contributed by atoms with Gasteiger partial charge in [0.15, 0.2) is 0 Å². The quantitative estimate of drug-likeness (QED) is 0.878. The van der Waals surface area contributed by atoms with Gasteiger partial charge < -0.3 is 10.6 Å². The minimum absolute atomic E-state index is 0.00530. The predicted molar refractivity (Wildman–Crippen MR) is 57.5 cm³/mol. The highest BCUT2D eigenvalue weighted by atomic mass is 19.4. The summed E-state index contributed by atoms with van der Waals surface area (Å²) in [5, 5.41) is 0. The van der Waals surface area contributed by atoms with E-state index in [0.29, 0.717) is 4.90 Å². The first-order valence-corrected chi connectivity index (χ1v) is 5.05. The number of halogens is 3. The van der Waals surface area contributed by atoms with Crippen LogP contribution in [0.3, 0.4) is 0 Å². The maximum atomic E-state index is 12.3. The standard InChI is InChI=1S/C11H13F3N2O/c12-11(13,14)8-16(7-6-15)10(17)9-4-2-1-3-5-9/h1-5H,6-8,15H2. The Labute approximate surface area is 97.0 Å². The third-order valence-corrected chi connectivity index (χ3v) is 2.08. The van der Waals surface area contributed by atoms with Crippen molar-refractivity contribution in [3.05, 3.63) is 35.9 Å². The van der Waals surface area contributed by atoms with Crippen LogP contribution in [-0.2, 0) is 0 Å². The molecule has 0 aliphatic carbocycles. The van der Waals surface area contributed by atoms with Crippen LogP contribution in [-0.4, -0.2) is 36.6 Å². The Morgan fingerprint density at radius 3 is 2.29 bits per heavy atom. The lowest BCUT2D eigenvalue weighted by atomic mass is 10.2. The highest BCUT2D eigenvalue weighted by molar-refractivity contribution is 5.94. The van der Waals surface area contributed by atoms with E-state index in [4.69, 9.17) is 5.73 Å². The van der Waals surface area contributed by atoms with Crippen LogP contribution < -0.4 is 5.73 Å². The number of amides is 1. The van der Waals surface area contributed by atoms with Gasteiger partial charge in [0, 0.05) is 18.7 Å². The fourth-order valence-electron chi connectivity index (χ4n) is 1.39. The van der Waals surface area contributed by atoms with Gasteiger partial charge in [0.25, 0.3) is 5.91 Å². The average molecular weight is 246 g/mol. The second-order valence-corrected chi connectivity index (χ2v) is 3.50. The number of rotatable bonds is 4. The lowest BCUT2D eigenvalue weighted by Crippen LogP contribution is -2.41. The predicted octanol–water partition coefficient (Wildman–Crippen LogP) is 1.65. The topological polar surface area (TPSA) is 46.3 Å². The summed E-state index contributed by atoms with van der Waals surface area (Å²) in [6.45, 7) is -1.40. The molecule has 0 saturated carbocycles. The van der Waals surface area contributed by atoms with Crippen molar-refractivity contribution in [3.63, 3.8) is 0 Å². The molecule has 0 spiro atoms. The first-order chi connectivity index (χ1) is 7.94. The molecule has 0 heterocycles. The van der Waals surface area contributed by atoms with E-state index in [-0.39, 0.29) is 18.7 Å². The molecule has 1 amide bonds. The monoisotopic (exact) mass is 246 g/mol. The molecule has 0 radical (unpaired) electrons. The normalized spacial score (nSPS) is 11.3. The molecule has 0 aromatic heterocycles. The van der Waals surface area contributed by atoms with E-state index in [2.05, 4.69) is 0 Å². The minimum atomic E-state index is -4.42. The molecule has 0 aliphatic rings. The lowest BCUT2D eigenvalue weighted by Gasteiger charge is -2.23. The van der Waals surface area contributed by atoms with Crippen molar-refractivity contribution < 1.29 is 18.0 Å². The van der Waals surface area contributed by atoms with Gasteiger partial charge in [0.1, 0.15) is 6.54 Å². The zero-order valence-corrected chi connectivity index (χ0v) is 9.07. The van der Waals surface area contributed by atoms with Crippen LogP contribution in [0.2, 0.25) is 0 Å². The SMILES string of the molecule is NCCN(CC(F)(F)F)C(=O)c1ccccc1. The first kappa shape index (κ1) is 13.5. The van der Waals surface area contributed by atoms with Gasteiger partial charge in [-0.25, -0.2) is 0 Å². The molecule has 0 fully saturated rings. The van der Waals surface area contributed by atoms with E-state index in [0.717, 1.165) is 0 Å². The van der Waals surface area contributed by atoms with Gasteiger partial charge in [0.2, 0.25) is 0 Å². The Kier molecular flexibility index (Phi) is 4.51. The highest BCUT2D eigenvalue weighted by Gasteiger charge is 2.32. The first-order valence-electron chi connectivity index (χ1n) is 5.05. The van der Waals surface area contributed by atoms with E-state index in [1.54, 1.807) is 18.2 Å². The van der Waals surface area contributed by atoms with Gasteiger partial charge in [-0.1, -0.05) is 18.2 Å². The number of benzene rings is 1. The summed E-state index contributed by atoms with van der Waals surface area (Å²) in [6.07, 6.45) is -4.42. The summed E-state index contributed by atoms with van der Waals surface area (Å²) in [4.78, 5) is 12.5. The molecule has 0 unspecified atom stereocenters. The summed E-state index contributed by atoms with van der Waals surface area (Å²) in [6, 6.07) is 7.83. The van der Waals surface area contributed by atoms with Crippen molar-refractivity contribution in [2.45, 2.75) is 6.18 Å². The van der Waals surface area contributed by atoms with Gasteiger partial charge in [-0.05, 0) is 12.1 Å². The Bertz CT molecular complexity index is 365. The van der Waals surface area contributed by atoms with Crippen LogP contribution >= 0.6 is 0 Å². The number of carbonyl (C=O) groups is 1. The van der Waals surface area contributed by atoms with Gasteiger partial charge in [-0.15, -0.1) is 0 Å². The molecule has 0 aliphatic heterocycles. The molecule has 1 aromatic rings. The van der Waals surface area contributed by atoms with E-state index < -0.39 is 18.6 Å². The molecule has 3 nitrogen and oxygen atoms in total. The van der Waals surface area contributed by atoms with Gasteiger partial charge >= 0.3 is 6.18 Å². The molecule has 0 atom stereocenters. The van der Waals surface area contributed by atoms with Crippen molar-refractivity contribution >= 4 is 5.91 Å². The highest BCUT2D eigenvalue weighted by Crippen LogP contribution is 2.17. The van der Waals surface area contributed by atoms with Gasteiger partial charge in [-0.3, -0.25) is 4.79 Å². The molecule has 94 valence electrons. The number of alkyl halides is 3. The van der Waals surface area contributed by atoms with E-state index in [1.165, 1.54) is 12.1 Å². The van der Waals surface area contributed by atoms with Crippen molar-refractivity contribution in [1.29, 1.82) is 0 Å². The molecular formula is C11H13F3N2O. The molecule has 6 heteroatoms. The Hall–Kier alpha value is -1.56. The fraction of sp³-hybridized carbons (Fsp3) is 0.364. The van der Waals surface area contributed by atoms with Crippen LogP contribution in [0.5, 0.6) is 0 Å². The van der Waals surface area contributed by atoms with Crippen LogP contribution in [0.25, 0.3) is 0 Å². The van der Waals surface area contributed by atoms with Crippen LogP contribution in [0, 0.1) is 0 Å². The molecular weight excluding hydrogens is 233 g/mol. The molecule has 0 bridgehead atoms. The van der Waals surface area contributed by atoms with Crippen LogP contribution in [0.1, 0.15) is 10.4 Å². The second kappa shape index (κ2) is 5.67. The average Bonchev–Trinajstić information content (AvgIpc) is 2.27. The fourth-order valence-corrected chi connectivity index (χ4v) is 1.39. The Morgan fingerprint density at radius 1 is 1.24 bits per heavy atom. The van der Waals surface area contributed by atoms with Gasteiger partial charge in [-0.2, -0.15) is 13.2 Å². The molecule has 1 rings (SSSR count). The molecule has 0 saturated heterocycles. The Morgan fingerprint density at radius 2 is 1.82 bits per heavy atom. The minimum Gasteiger partial charge on any atom is -0.329 e. The molecule has 2 N–H and O–H groups in total. The van der Waals surface area contributed by atoms with Crippen molar-refractivity contribution in [2.24, 2.45) is 5.73 Å².